The Hall–Kier alpha value is -0.610. The Morgan fingerprint density at radius 3 is 2.88 bits per heavy atom. The van der Waals surface area contributed by atoms with Gasteiger partial charge in [0.2, 0.25) is 0 Å². The van der Waals surface area contributed by atoms with E-state index in [1.807, 2.05) is 17.5 Å². The molecule has 1 atom stereocenters. The SMILES string of the molecule is OC(Cc1cccc(Cl)c1Cl)c1nccs1. The van der Waals surface area contributed by atoms with E-state index in [-0.39, 0.29) is 0 Å². The number of thiazole rings is 1. The van der Waals surface area contributed by atoms with Gasteiger partial charge in [-0.05, 0) is 11.6 Å². The number of aliphatic hydroxyl groups is 1. The van der Waals surface area contributed by atoms with Crippen LogP contribution < -0.4 is 0 Å². The van der Waals surface area contributed by atoms with Gasteiger partial charge in [-0.2, -0.15) is 0 Å². The summed E-state index contributed by atoms with van der Waals surface area (Å²) < 4.78 is 0. The number of hydrogen-bond acceptors (Lipinski definition) is 3. The van der Waals surface area contributed by atoms with Crippen molar-refractivity contribution in [2.24, 2.45) is 0 Å². The average Bonchev–Trinajstić information content (AvgIpc) is 2.78. The Balaban J connectivity index is 2.18. The normalized spacial score (nSPS) is 12.7. The summed E-state index contributed by atoms with van der Waals surface area (Å²) in [6.45, 7) is 0. The Kier molecular flexibility index (Phi) is 3.82. The number of aliphatic hydroxyl groups excluding tert-OH is 1. The predicted octanol–water partition coefficient (Wildman–Crippen LogP) is 3.73. The summed E-state index contributed by atoms with van der Waals surface area (Å²) in [5.41, 5.74) is 0.830. The van der Waals surface area contributed by atoms with E-state index < -0.39 is 6.10 Å². The fourth-order valence-electron chi connectivity index (χ4n) is 1.40. The molecule has 2 aromatic rings. The molecule has 0 aliphatic carbocycles. The zero-order valence-electron chi connectivity index (χ0n) is 8.23. The van der Waals surface area contributed by atoms with Crippen molar-refractivity contribution in [3.05, 3.63) is 50.4 Å². The number of aromatic nitrogens is 1. The number of nitrogens with zero attached hydrogens (tertiary/aromatic N) is 1. The molecule has 1 aromatic heterocycles. The summed E-state index contributed by atoms with van der Waals surface area (Å²) in [5.74, 6) is 0. The van der Waals surface area contributed by atoms with Crippen LogP contribution in [0, 0.1) is 0 Å². The van der Waals surface area contributed by atoms with Crippen LogP contribution >= 0.6 is 34.5 Å². The molecule has 0 aliphatic rings. The molecule has 1 heterocycles. The van der Waals surface area contributed by atoms with Gasteiger partial charge in [0, 0.05) is 18.0 Å². The first-order valence-corrected chi connectivity index (χ1v) is 6.32. The molecule has 1 aromatic carbocycles. The lowest BCUT2D eigenvalue weighted by atomic mass is 10.1. The van der Waals surface area contributed by atoms with Gasteiger partial charge < -0.3 is 5.11 Å². The van der Waals surface area contributed by atoms with Crippen LogP contribution in [0.3, 0.4) is 0 Å². The maximum Gasteiger partial charge on any atom is 0.121 e. The van der Waals surface area contributed by atoms with Crippen LogP contribution in [0.4, 0.5) is 0 Å². The molecule has 2 nitrogen and oxygen atoms in total. The first-order chi connectivity index (χ1) is 7.68. The smallest absolute Gasteiger partial charge is 0.121 e. The Morgan fingerprint density at radius 2 is 2.19 bits per heavy atom. The highest BCUT2D eigenvalue weighted by molar-refractivity contribution is 7.09. The van der Waals surface area contributed by atoms with Crippen molar-refractivity contribution in [2.45, 2.75) is 12.5 Å². The number of hydrogen-bond donors (Lipinski definition) is 1. The standard InChI is InChI=1S/C11H9Cl2NOS/c12-8-3-1-2-7(10(8)13)6-9(15)11-14-4-5-16-11/h1-5,9,15H,6H2. The van der Waals surface area contributed by atoms with Gasteiger partial charge in [-0.3, -0.25) is 0 Å². The van der Waals surface area contributed by atoms with Gasteiger partial charge in [-0.1, -0.05) is 35.3 Å². The van der Waals surface area contributed by atoms with Gasteiger partial charge in [-0.25, -0.2) is 4.98 Å². The fraction of sp³-hybridized carbons (Fsp3) is 0.182. The van der Waals surface area contributed by atoms with Gasteiger partial charge in [0.25, 0.3) is 0 Å². The molecule has 5 heteroatoms. The lowest BCUT2D eigenvalue weighted by Crippen LogP contribution is -2.01. The van der Waals surface area contributed by atoms with E-state index in [0.29, 0.717) is 21.5 Å². The van der Waals surface area contributed by atoms with E-state index in [0.717, 1.165) is 5.56 Å². The number of rotatable bonds is 3. The van der Waals surface area contributed by atoms with Crippen molar-refractivity contribution in [1.29, 1.82) is 0 Å². The fourth-order valence-corrected chi connectivity index (χ4v) is 2.42. The molecule has 0 aliphatic heterocycles. The number of halogens is 2. The van der Waals surface area contributed by atoms with Crippen LogP contribution in [0.5, 0.6) is 0 Å². The van der Waals surface area contributed by atoms with Gasteiger partial charge in [0.1, 0.15) is 11.1 Å². The lowest BCUT2D eigenvalue weighted by Gasteiger charge is -2.09. The van der Waals surface area contributed by atoms with Crippen molar-refractivity contribution in [2.75, 3.05) is 0 Å². The zero-order valence-corrected chi connectivity index (χ0v) is 10.6. The minimum absolute atomic E-state index is 0.424. The highest BCUT2D eigenvalue weighted by Crippen LogP contribution is 2.29. The van der Waals surface area contributed by atoms with Gasteiger partial charge in [0.05, 0.1) is 10.0 Å². The second-order valence-corrected chi connectivity index (χ2v) is 5.01. The van der Waals surface area contributed by atoms with E-state index in [1.165, 1.54) is 11.3 Å². The molecule has 0 bridgehead atoms. The molecule has 0 amide bonds. The third-order valence-electron chi connectivity index (χ3n) is 2.18. The highest BCUT2D eigenvalue weighted by atomic mass is 35.5. The predicted molar refractivity (Wildman–Crippen MR) is 67.2 cm³/mol. The molecule has 1 unspecified atom stereocenters. The molecule has 2 rings (SSSR count). The molecular weight excluding hydrogens is 265 g/mol. The van der Waals surface area contributed by atoms with E-state index in [1.54, 1.807) is 12.3 Å². The summed E-state index contributed by atoms with van der Waals surface area (Å²) in [6, 6.07) is 5.40. The van der Waals surface area contributed by atoms with Gasteiger partial charge >= 0.3 is 0 Å². The summed E-state index contributed by atoms with van der Waals surface area (Å²) in [7, 11) is 0. The summed E-state index contributed by atoms with van der Waals surface area (Å²) in [6.07, 6.45) is 1.46. The molecule has 0 radical (unpaired) electrons. The molecule has 0 spiro atoms. The molecular formula is C11H9Cl2NOS. The highest BCUT2D eigenvalue weighted by Gasteiger charge is 2.14. The topological polar surface area (TPSA) is 33.1 Å². The monoisotopic (exact) mass is 273 g/mol. The average molecular weight is 274 g/mol. The Morgan fingerprint density at radius 1 is 1.38 bits per heavy atom. The van der Waals surface area contributed by atoms with Gasteiger partial charge in [0.15, 0.2) is 0 Å². The van der Waals surface area contributed by atoms with Crippen molar-refractivity contribution >= 4 is 34.5 Å². The third kappa shape index (κ3) is 2.55. The first-order valence-electron chi connectivity index (χ1n) is 4.69. The van der Waals surface area contributed by atoms with E-state index in [4.69, 9.17) is 23.2 Å². The molecule has 1 N–H and O–H groups in total. The van der Waals surface area contributed by atoms with E-state index in [2.05, 4.69) is 4.98 Å². The minimum atomic E-state index is -0.629. The second-order valence-electron chi connectivity index (χ2n) is 3.30. The van der Waals surface area contributed by atoms with Crippen LogP contribution in [-0.4, -0.2) is 10.1 Å². The third-order valence-corrected chi connectivity index (χ3v) is 3.92. The molecule has 0 fully saturated rings. The summed E-state index contributed by atoms with van der Waals surface area (Å²) in [4.78, 5) is 4.06. The molecule has 0 saturated heterocycles. The minimum Gasteiger partial charge on any atom is -0.386 e. The number of benzene rings is 1. The largest absolute Gasteiger partial charge is 0.386 e. The van der Waals surface area contributed by atoms with Gasteiger partial charge in [-0.15, -0.1) is 11.3 Å². The molecule has 0 saturated carbocycles. The van der Waals surface area contributed by atoms with Crippen LogP contribution in [0.25, 0.3) is 0 Å². The van der Waals surface area contributed by atoms with Crippen LogP contribution in [0.2, 0.25) is 10.0 Å². The summed E-state index contributed by atoms with van der Waals surface area (Å²) >= 11 is 13.4. The van der Waals surface area contributed by atoms with E-state index in [9.17, 15) is 5.11 Å². The van der Waals surface area contributed by atoms with Crippen molar-refractivity contribution < 1.29 is 5.11 Å². The molecule has 16 heavy (non-hydrogen) atoms. The van der Waals surface area contributed by atoms with E-state index >= 15 is 0 Å². The Bertz CT molecular complexity index is 473. The maximum atomic E-state index is 9.92. The maximum absolute atomic E-state index is 9.92. The second kappa shape index (κ2) is 5.15. The quantitative estimate of drug-likeness (QED) is 0.925. The first kappa shape index (κ1) is 11.9. The van der Waals surface area contributed by atoms with Crippen molar-refractivity contribution in [3.8, 4) is 0 Å². The van der Waals surface area contributed by atoms with Crippen LogP contribution in [0.1, 0.15) is 16.7 Å². The molecule has 84 valence electrons. The zero-order chi connectivity index (χ0) is 11.5. The lowest BCUT2D eigenvalue weighted by molar-refractivity contribution is 0.178. The van der Waals surface area contributed by atoms with Crippen molar-refractivity contribution in [3.63, 3.8) is 0 Å². The van der Waals surface area contributed by atoms with Crippen molar-refractivity contribution in [1.82, 2.24) is 4.98 Å². The summed E-state index contributed by atoms with van der Waals surface area (Å²) in [5, 5.41) is 13.5. The van der Waals surface area contributed by atoms with Crippen LogP contribution in [0.15, 0.2) is 29.8 Å². The Labute approximate surface area is 107 Å². The van der Waals surface area contributed by atoms with Crippen LogP contribution in [-0.2, 0) is 6.42 Å².